The van der Waals surface area contributed by atoms with Crippen molar-refractivity contribution in [3.63, 3.8) is 0 Å². The van der Waals surface area contributed by atoms with E-state index >= 15 is 0 Å². The first kappa shape index (κ1) is 38.0. The van der Waals surface area contributed by atoms with Crippen molar-refractivity contribution in [1.29, 1.82) is 0 Å². The van der Waals surface area contributed by atoms with E-state index in [0.29, 0.717) is 6.61 Å². The average molecular weight is 654 g/mol. The average Bonchev–Trinajstić information content (AvgIpc) is 3.76. The van der Waals surface area contributed by atoms with E-state index in [1.165, 1.54) is 11.3 Å². The van der Waals surface area contributed by atoms with Crippen LogP contribution in [0.1, 0.15) is 72.1 Å². The van der Waals surface area contributed by atoms with Crippen molar-refractivity contribution in [1.82, 2.24) is 14.5 Å². The van der Waals surface area contributed by atoms with E-state index in [4.69, 9.17) is 23.9 Å². The van der Waals surface area contributed by atoms with Gasteiger partial charge in [0.1, 0.15) is 11.6 Å². The van der Waals surface area contributed by atoms with Crippen LogP contribution >= 0.6 is 0 Å². The molecule has 7 heteroatoms. The first-order valence-electron chi connectivity index (χ1n) is 17.4. The van der Waals surface area contributed by atoms with Gasteiger partial charge >= 0.3 is 0 Å². The Bertz CT molecular complexity index is 1540. The highest BCUT2D eigenvalue weighted by Gasteiger charge is 2.23. The van der Waals surface area contributed by atoms with Crippen molar-refractivity contribution in [2.75, 3.05) is 27.1 Å². The van der Waals surface area contributed by atoms with Crippen molar-refractivity contribution >= 4 is 0 Å². The smallest absolute Gasteiger partial charge is 0.231 e. The number of hydrogen-bond acceptors (Lipinski definition) is 6. The van der Waals surface area contributed by atoms with Gasteiger partial charge in [0.25, 0.3) is 0 Å². The predicted octanol–water partition coefficient (Wildman–Crippen LogP) is 10.3. The second kappa shape index (κ2) is 21.4. The quantitative estimate of drug-likeness (QED) is 0.0940. The Morgan fingerprint density at radius 3 is 2.33 bits per heavy atom. The molecular formula is C41H55N3O4. The number of imidazole rings is 1. The molecule has 0 radical (unpaired) electrons. The highest BCUT2D eigenvalue weighted by atomic mass is 16.7. The van der Waals surface area contributed by atoms with Gasteiger partial charge in [-0.05, 0) is 69.5 Å². The monoisotopic (exact) mass is 653 g/mol. The van der Waals surface area contributed by atoms with E-state index in [9.17, 15) is 0 Å². The maximum Gasteiger partial charge on any atom is 0.231 e. The highest BCUT2D eigenvalue weighted by Crippen LogP contribution is 2.35. The van der Waals surface area contributed by atoms with Gasteiger partial charge in [0.15, 0.2) is 11.5 Å². The standard InChI is InChI=1S/C35H41N3O4.C4H8.C2H6/c1-4-6-20-38-31(34(29-15-12-16-30(23-29)39-3)36-35(38)28-13-8-7-9-14-28)25-37(19-10-11-21-40-5-2)24-27-17-18-32-33(22-27)42-26-41-32;1-3-4-2;1-2/h7-9,11-18,21-23H,4-6,10,19-20,24-26H2,1-3H3;3-4H,1-2H3;1-2H3/b21-11+;4-3-;. The maximum atomic E-state index is 5.68. The Balaban J connectivity index is 0.000000970. The molecule has 0 saturated carbocycles. The van der Waals surface area contributed by atoms with Gasteiger partial charge in [-0.3, -0.25) is 4.90 Å². The van der Waals surface area contributed by atoms with Crippen molar-refractivity contribution in [3.05, 3.63) is 109 Å². The van der Waals surface area contributed by atoms with Crippen molar-refractivity contribution < 1.29 is 18.9 Å². The van der Waals surface area contributed by atoms with E-state index in [-0.39, 0.29) is 6.79 Å². The molecule has 0 N–H and O–H groups in total. The molecule has 0 bridgehead atoms. The van der Waals surface area contributed by atoms with Gasteiger partial charge in [-0.2, -0.15) is 0 Å². The minimum absolute atomic E-state index is 0.271. The zero-order valence-corrected chi connectivity index (χ0v) is 30.1. The van der Waals surface area contributed by atoms with E-state index < -0.39 is 0 Å². The van der Waals surface area contributed by atoms with Crippen LogP contribution in [0.5, 0.6) is 17.2 Å². The fourth-order valence-electron chi connectivity index (χ4n) is 5.23. The molecule has 0 fully saturated rings. The highest BCUT2D eigenvalue weighted by molar-refractivity contribution is 5.69. The van der Waals surface area contributed by atoms with E-state index in [2.05, 4.69) is 77.1 Å². The summed E-state index contributed by atoms with van der Waals surface area (Å²) in [5, 5.41) is 0. The summed E-state index contributed by atoms with van der Waals surface area (Å²) >= 11 is 0. The summed E-state index contributed by atoms with van der Waals surface area (Å²) in [6, 6.07) is 25.0. The van der Waals surface area contributed by atoms with Gasteiger partial charge < -0.3 is 23.5 Å². The summed E-state index contributed by atoms with van der Waals surface area (Å²) in [7, 11) is 1.71. The number of ether oxygens (including phenoxy) is 4. The van der Waals surface area contributed by atoms with Crippen LogP contribution < -0.4 is 14.2 Å². The molecule has 0 saturated heterocycles. The summed E-state index contributed by atoms with van der Waals surface area (Å²) in [6.07, 6.45) is 10.9. The second-order valence-corrected chi connectivity index (χ2v) is 11.0. The molecule has 2 heterocycles. The van der Waals surface area contributed by atoms with Crippen LogP contribution in [0.25, 0.3) is 22.6 Å². The molecule has 7 nitrogen and oxygen atoms in total. The molecule has 3 aromatic carbocycles. The normalized spacial score (nSPS) is 11.8. The lowest BCUT2D eigenvalue weighted by Crippen LogP contribution is -2.26. The zero-order chi connectivity index (χ0) is 34.6. The van der Waals surface area contributed by atoms with Crippen LogP contribution in [0, 0.1) is 0 Å². The summed E-state index contributed by atoms with van der Waals surface area (Å²) in [5.74, 6) is 3.42. The lowest BCUT2D eigenvalue weighted by atomic mass is 10.1. The molecule has 4 aromatic rings. The first-order valence-corrected chi connectivity index (χ1v) is 17.4. The second-order valence-electron chi connectivity index (χ2n) is 11.0. The molecule has 1 aliphatic heterocycles. The van der Waals surface area contributed by atoms with Crippen LogP contribution in [0.2, 0.25) is 0 Å². The zero-order valence-electron chi connectivity index (χ0n) is 30.1. The maximum absolute atomic E-state index is 5.68. The fourth-order valence-corrected chi connectivity index (χ4v) is 5.23. The van der Waals surface area contributed by atoms with Crippen molar-refractivity contribution in [2.45, 2.75) is 80.4 Å². The molecule has 5 rings (SSSR count). The fraction of sp³-hybridized carbons (Fsp3) is 0.390. The summed E-state index contributed by atoms with van der Waals surface area (Å²) in [4.78, 5) is 7.80. The molecule has 258 valence electrons. The molecule has 1 aliphatic rings. The lowest BCUT2D eigenvalue weighted by molar-refractivity contribution is 0.174. The molecule has 0 atom stereocenters. The summed E-state index contributed by atoms with van der Waals surface area (Å²) < 4.78 is 24.7. The van der Waals surface area contributed by atoms with E-state index in [0.717, 1.165) is 85.3 Å². The van der Waals surface area contributed by atoms with Gasteiger partial charge in [0.05, 0.1) is 31.4 Å². The Hall–Kier alpha value is -4.49. The molecule has 0 unspecified atom stereocenters. The minimum Gasteiger partial charge on any atom is -0.502 e. The number of methoxy groups -OCH3 is 1. The summed E-state index contributed by atoms with van der Waals surface area (Å²) in [6.45, 7) is 16.4. The topological polar surface area (TPSA) is 58.0 Å². The van der Waals surface area contributed by atoms with E-state index in [1.54, 1.807) is 13.4 Å². The predicted molar refractivity (Wildman–Crippen MR) is 198 cm³/mol. The van der Waals surface area contributed by atoms with Crippen LogP contribution in [0.4, 0.5) is 0 Å². The molecule has 0 spiro atoms. The van der Waals surface area contributed by atoms with Gasteiger partial charge in [0, 0.05) is 37.3 Å². The van der Waals surface area contributed by atoms with Crippen LogP contribution in [0.15, 0.2) is 97.3 Å². The third kappa shape index (κ3) is 11.1. The van der Waals surface area contributed by atoms with Gasteiger partial charge in [0.2, 0.25) is 6.79 Å². The molecule has 0 amide bonds. The Morgan fingerprint density at radius 1 is 0.875 bits per heavy atom. The number of aromatic nitrogens is 2. The third-order valence-electron chi connectivity index (χ3n) is 7.70. The van der Waals surface area contributed by atoms with Gasteiger partial charge in [-0.1, -0.05) is 87.9 Å². The third-order valence-corrected chi connectivity index (χ3v) is 7.70. The number of hydrogen-bond donors (Lipinski definition) is 0. The molecule has 0 aliphatic carbocycles. The number of allylic oxidation sites excluding steroid dienone is 2. The SMILES string of the molecule is C/C=C\C.CC.CCCCn1c(-c2ccccc2)nc(-c2cccc(OC)c2)c1CN(CC/C=C/OCC)Cc1ccc2c(c1)OCO2. The first-order chi connectivity index (χ1) is 23.6. The lowest BCUT2D eigenvalue weighted by Gasteiger charge is -2.24. The molecule has 48 heavy (non-hydrogen) atoms. The molecular weight excluding hydrogens is 598 g/mol. The van der Waals surface area contributed by atoms with E-state index in [1.807, 2.05) is 65.0 Å². The van der Waals surface area contributed by atoms with Crippen LogP contribution in [-0.2, 0) is 24.4 Å². The van der Waals surface area contributed by atoms with Crippen molar-refractivity contribution in [2.24, 2.45) is 0 Å². The Labute approximate surface area is 288 Å². The number of fused-ring (bicyclic) bond motifs is 1. The van der Waals surface area contributed by atoms with Crippen molar-refractivity contribution in [3.8, 4) is 39.9 Å². The number of unbranched alkanes of at least 4 members (excludes halogenated alkanes) is 1. The largest absolute Gasteiger partial charge is 0.502 e. The van der Waals surface area contributed by atoms with Crippen LogP contribution in [-0.4, -0.2) is 41.5 Å². The van der Waals surface area contributed by atoms with Gasteiger partial charge in [-0.15, -0.1) is 0 Å². The summed E-state index contributed by atoms with van der Waals surface area (Å²) in [5.41, 5.74) is 5.54. The molecule has 1 aromatic heterocycles. The minimum atomic E-state index is 0.271. The number of benzene rings is 3. The Kier molecular flexibility index (Phi) is 16.9. The number of nitrogens with zero attached hydrogens (tertiary/aromatic N) is 3. The Morgan fingerprint density at radius 2 is 1.62 bits per heavy atom. The van der Waals surface area contributed by atoms with Crippen LogP contribution in [0.3, 0.4) is 0 Å². The number of rotatable bonds is 15. The van der Waals surface area contributed by atoms with Gasteiger partial charge in [-0.25, -0.2) is 4.98 Å².